The Morgan fingerprint density at radius 3 is 2.74 bits per heavy atom. The van der Waals surface area contributed by atoms with Crippen LogP contribution in [0.5, 0.6) is 11.5 Å². The maximum atomic E-state index is 5.75. The highest BCUT2D eigenvalue weighted by Gasteiger charge is 2.30. The van der Waals surface area contributed by atoms with Gasteiger partial charge in [0.25, 0.3) is 0 Å². The van der Waals surface area contributed by atoms with Gasteiger partial charge >= 0.3 is 0 Å². The minimum Gasteiger partial charge on any atom is -0.497 e. The van der Waals surface area contributed by atoms with Crippen LogP contribution < -0.4 is 9.47 Å². The number of benzene rings is 1. The molecule has 1 atom stereocenters. The second-order valence-electron chi connectivity index (χ2n) is 5.99. The molecular weight excluding hydrogens is 292 g/mol. The summed E-state index contributed by atoms with van der Waals surface area (Å²) in [6.45, 7) is 5.69. The van der Waals surface area contributed by atoms with Gasteiger partial charge in [0, 0.05) is 11.6 Å². The third-order valence-electron chi connectivity index (χ3n) is 4.57. The molecule has 5 heteroatoms. The Labute approximate surface area is 137 Å². The van der Waals surface area contributed by atoms with Crippen LogP contribution >= 0.6 is 0 Å². The molecule has 3 rings (SSSR count). The number of aromatic nitrogens is 1. The number of aryl methyl sites for hydroxylation is 2. The highest BCUT2D eigenvalue weighted by atomic mass is 16.5. The lowest BCUT2D eigenvalue weighted by atomic mass is 10.0. The van der Waals surface area contributed by atoms with Crippen LogP contribution in [0.2, 0.25) is 0 Å². The first-order valence-electron chi connectivity index (χ1n) is 8.01. The van der Waals surface area contributed by atoms with Gasteiger partial charge in [-0.2, -0.15) is 0 Å². The zero-order valence-corrected chi connectivity index (χ0v) is 14.3. The molecule has 1 unspecified atom stereocenters. The van der Waals surface area contributed by atoms with Gasteiger partial charge in [0.2, 0.25) is 5.89 Å². The molecule has 1 fully saturated rings. The van der Waals surface area contributed by atoms with Crippen molar-refractivity contribution in [2.45, 2.75) is 39.3 Å². The van der Waals surface area contributed by atoms with Crippen LogP contribution in [0.4, 0.5) is 0 Å². The summed E-state index contributed by atoms with van der Waals surface area (Å²) in [4.78, 5) is 6.92. The van der Waals surface area contributed by atoms with E-state index in [0.29, 0.717) is 6.04 Å². The fourth-order valence-electron chi connectivity index (χ4n) is 3.25. The number of oxazole rings is 1. The summed E-state index contributed by atoms with van der Waals surface area (Å²) in [5.41, 5.74) is 2.14. The number of nitrogens with zero attached hydrogens (tertiary/aromatic N) is 2. The Balaban J connectivity index is 1.86. The van der Waals surface area contributed by atoms with Crippen LogP contribution in [-0.2, 0) is 6.54 Å². The van der Waals surface area contributed by atoms with Crippen LogP contribution in [0.1, 0.15) is 41.8 Å². The van der Waals surface area contributed by atoms with Gasteiger partial charge in [-0.05, 0) is 51.4 Å². The third-order valence-corrected chi connectivity index (χ3v) is 4.57. The summed E-state index contributed by atoms with van der Waals surface area (Å²) in [6.07, 6.45) is 2.26. The zero-order chi connectivity index (χ0) is 16.4. The van der Waals surface area contributed by atoms with Gasteiger partial charge in [-0.3, -0.25) is 4.90 Å². The smallest absolute Gasteiger partial charge is 0.208 e. The maximum Gasteiger partial charge on any atom is 0.208 e. The topological polar surface area (TPSA) is 47.7 Å². The molecule has 0 saturated carbocycles. The summed E-state index contributed by atoms with van der Waals surface area (Å²) in [6, 6.07) is 6.29. The van der Waals surface area contributed by atoms with E-state index in [1.165, 1.54) is 5.56 Å². The van der Waals surface area contributed by atoms with E-state index in [2.05, 4.69) is 16.0 Å². The zero-order valence-electron chi connectivity index (χ0n) is 14.3. The van der Waals surface area contributed by atoms with Gasteiger partial charge < -0.3 is 13.9 Å². The first kappa shape index (κ1) is 15.9. The standard InChI is InChI=1S/C18H24N2O3/c1-12-13(2)23-18(19-12)11-20-9-5-6-16(20)15-10-14(21-3)7-8-17(15)22-4/h7-8,10,16H,5-6,9,11H2,1-4H3. The predicted molar refractivity (Wildman–Crippen MR) is 87.9 cm³/mol. The van der Waals surface area contributed by atoms with Crippen LogP contribution in [0.3, 0.4) is 0 Å². The molecule has 1 aliphatic heterocycles. The number of hydrogen-bond acceptors (Lipinski definition) is 5. The lowest BCUT2D eigenvalue weighted by Crippen LogP contribution is -2.23. The van der Waals surface area contributed by atoms with E-state index >= 15 is 0 Å². The predicted octanol–water partition coefficient (Wildman–Crippen LogP) is 3.65. The van der Waals surface area contributed by atoms with E-state index in [1.54, 1.807) is 14.2 Å². The third kappa shape index (κ3) is 3.20. The van der Waals surface area contributed by atoms with Crippen molar-refractivity contribution in [1.29, 1.82) is 0 Å². The number of likely N-dealkylation sites (tertiary alicyclic amines) is 1. The fraction of sp³-hybridized carbons (Fsp3) is 0.500. The second kappa shape index (κ2) is 6.62. The molecule has 0 amide bonds. The minimum absolute atomic E-state index is 0.299. The fourth-order valence-corrected chi connectivity index (χ4v) is 3.25. The molecular formula is C18H24N2O3. The molecule has 5 nitrogen and oxygen atoms in total. The highest BCUT2D eigenvalue weighted by molar-refractivity contribution is 5.42. The lowest BCUT2D eigenvalue weighted by Gasteiger charge is -2.25. The number of rotatable bonds is 5. The molecule has 1 saturated heterocycles. The average molecular weight is 316 g/mol. The molecule has 0 N–H and O–H groups in total. The van der Waals surface area contributed by atoms with E-state index in [4.69, 9.17) is 13.9 Å². The molecule has 0 spiro atoms. The first-order chi connectivity index (χ1) is 11.1. The normalized spacial score (nSPS) is 18.3. The Kier molecular flexibility index (Phi) is 4.57. The van der Waals surface area contributed by atoms with Crippen LogP contribution in [-0.4, -0.2) is 30.6 Å². The summed E-state index contributed by atoms with van der Waals surface area (Å²) in [7, 11) is 3.40. The van der Waals surface area contributed by atoms with Gasteiger partial charge in [0.1, 0.15) is 17.3 Å². The second-order valence-corrected chi connectivity index (χ2v) is 5.99. The van der Waals surface area contributed by atoms with Crippen molar-refractivity contribution in [3.8, 4) is 11.5 Å². The summed E-state index contributed by atoms with van der Waals surface area (Å²) in [5, 5.41) is 0. The van der Waals surface area contributed by atoms with E-state index in [0.717, 1.165) is 54.8 Å². The van der Waals surface area contributed by atoms with Crippen LogP contribution in [0, 0.1) is 13.8 Å². The molecule has 124 valence electrons. The monoisotopic (exact) mass is 316 g/mol. The van der Waals surface area contributed by atoms with Crippen molar-refractivity contribution < 1.29 is 13.9 Å². The molecule has 0 aliphatic carbocycles. The quantitative estimate of drug-likeness (QED) is 0.842. The Bertz CT molecular complexity index is 661. The molecule has 2 aromatic rings. The number of hydrogen-bond donors (Lipinski definition) is 0. The van der Waals surface area contributed by atoms with Crippen molar-refractivity contribution >= 4 is 0 Å². The van der Waals surface area contributed by atoms with E-state index in [1.807, 2.05) is 26.0 Å². The molecule has 1 aromatic carbocycles. The number of methoxy groups -OCH3 is 2. The highest BCUT2D eigenvalue weighted by Crippen LogP contribution is 2.39. The van der Waals surface area contributed by atoms with Crippen LogP contribution in [0.15, 0.2) is 22.6 Å². The van der Waals surface area contributed by atoms with Crippen LogP contribution in [0.25, 0.3) is 0 Å². The summed E-state index contributed by atoms with van der Waals surface area (Å²) >= 11 is 0. The maximum absolute atomic E-state index is 5.75. The average Bonchev–Trinajstić information content (AvgIpc) is 3.13. The van der Waals surface area contributed by atoms with Crippen molar-refractivity contribution in [2.24, 2.45) is 0 Å². The molecule has 23 heavy (non-hydrogen) atoms. The van der Waals surface area contributed by atoms with Crippen molar-refractivity contribution in [2.75, 3.05) is 20.8 Å². The number of ether oxygens (including phenoxy) is 2. The SMILES string of the molecule is COc1ccc(OC)c(C2CCCN2Cc2nc(C)c(C)o2)c1. The van der Waals surface area contributed by atoms with Gasteiger partial charge in [-0.25, -0.2) is 4.98 Å². The Hall–Kier alpha value is -2.01. The van der Waals surface area contributed by atoms with Crippen molar-refractivity contribution in [1.82, 2.24) is 9.88 Å². The van der Waals surface area contributed by atoms with E-state index < -0.39 is 0 Å². The summed E-state index contributed by atoms with van der Waals surface area (Å²) in [5.74, 6) is 3.45. The Morgan fingerprint density at radius 2 is 2.09 bits per heavy atom. The first-order valence-corrected chi connectivity index (χ1v) is 8.01. The molecule has 1 aliphatic rings. The largest absolute Gasteiger partial charge is 0.497 e. The molecule has 2 heterocycles. The van der Waals surface area contributed by atoms with Crippen molar-refractivity contribution in [3.05, 3.63) is 41.1 Å². The van der Waals surface area contributed by atoms with Crippen molar-refractivity contribution in [3.63, 3.8) is 0 Å². The van der Waals surface area contributed by atoms with E-state index in [-0.39, 0.29) is 0 Å². The molecule has 0 bridgehead atoms. The van der Waals surface area contributed by atoms with Gasteiger partial charge in [0.15, 0.2) is 0 Å². The molecule has 1 aromatic heterocycles. The molecule has 0 radical (unpaired) electrons. The van der Waals surface area contributed by atoms with Gasteiger partial charge in [-0.15, -0.1) is 0 Å². The van der Waals surface area contributed by atoms with Gasteiger partial charge in [0.05, 0.1) is 26.5 Å². The summed E-state index contributed by atoms with van der Waals surface area (Å²) < 4.78 is 16.7. The minimum atomic E-state index is 0.299. The van der Waals surface area contributed by atoms with E-state index in [9.17, 15) is 0 Å². The lowest BCUT2D eigenvalue weighted by molar-refractivity contribution is 0.218. The van der Waals surface area contributed by atoms with Gasteiger partial charge in [-0.1, -0.05) is 0 Å². The Morgan fingerprint density at radius 1 is 1.26 bits per heavy atom.